The number of benzene rings is 2. The van der Waals surface area contributed by atoms with E-state index in [1.54, 1.807) is 24.3 Å². The minimum atomic E-state index is -1.23. The molecule has 0 aliphatic rings. The summed E-state index contributed by atoms with van der Waals surface area (Å²) in [6.07, 6.45) is 1.53. The maximum Gasteiger partial charge on any atom is 0.263 e. The third kappa shape index (κ3) is 3.32. The van der Waals surface area contributed by atoms with Gasteiger partial charge in [0.25, 0.3) is 5.56 Å². The average Bonchev–Trinajstić information content (AvgIpc) is 3.02. The molecule has 0 spiro atoms. The van der Waals surface area contributed by atoms with E-state index in [0.717, 1.165) is 21.6 Å². The van der Waals surface area contributed by atoms with Crippen LogP contribution < -0.4 is 10.7 Å². The molecule has 0 fully saturated rings. The van der Waals surface area contributed by atoms with Gasteiger partial charge in [-0.05, 0) is 35.7 Å². The highest BCUT2D eigenvalue weighted by molar-refractivity contribution is 7.19. The van der Waals surface area contributed by atoms with Crippen molar-refractivity contribution in [1.29, 1.82) is 0 Å². The van der Waals surface area contributed by atoms with Crippen LogP contribution in [-0.4, -0.2) is 15.5 Å². The molecule has 2 aromatic heterocycles. The normalized spacial score (nSPS) is 11.1. The first-order valence-corrected chi connectivity index (χ1v) is 9.68. The first-order valence-electron chi connectivity index (χ1n) is 8.49. The average molecular weight is 410 g/mol. The number of halogens is 1. The summed E-state index contributed by atoms with van der Waals surface area (Å²) in [5.41, 5.74) is 2.55. The van der Waals surface area contributed by atoms with Crippen LogP contribution in [0.15, 0.2) is 59.7 Å². The number of carbonyl (C=O) groups is 1. The molecule has 0 amide bonds. The Morgan fingerprint density at radius 3 is 2.46 bits per heavy atom. The van der Waals surface area contributed by atoms with Crippen LogP contribution >= 0.6 is 22.9 Å². The zero-order chi connectivity index (χ0) is 19.8. The molecule has 0 radical (unpaired) electrons. The number of carboxylic acids is 1. The van der Waals surface area contributed by atoms with E-state index in [4.69, 9.17) is 11.6 Å². The molecule has 2 aromatic carbocycles. The number of carboxylic acid groups (broad SMARTS) is 1. The van der Waals surface area contributed by atoms with Gasteiger partial charge in [-0.15, -0.1) is 11.3 Å². The van der Waals surface area contributed by atoms with Gasteiger partial charge in [0, 0.05) is 15.5 Å². The lowest BCUT2D eigenvalue weighted by Crippen LogP contribution is -2.22. The van der Waals surface area contributed by atoms with Crippen molar-refractivity contribution in [3.05, 3.63) is 86.2 Å². The Kier molecular flexibility index (Phi) is 4.75. The number of hydrogen-bond donors (Lipinski definition) is 0. The molecule has 0 saturated heterocycles. The summed E-state index contributed by atoms with van der Waals surface area (Å²) in [6, 6.07) is 13.7. The number of aryl methyl sites for hydroxylation is 1. The van der Waals surface area contributed by atoms with Gasteiger partial charge in [0.2, 0.25) is 0 Å². The molecule has 4 rings (SSSR count). The highest BCUT2D eigenvalue weighted by Crippen LogP contribution is 2.35. The van der Waals surface area contributed by atoms with Gasteiger partial charge in [-0.25, -0.2) is 4.98 Å². The molecular weight excluding hydrogens is 396 g/mol. The molecule has 2 heterocycles. The molecule has 7 heteroatoms. The van der Waals surface area contributed by atoms with Crippen LogP contribution in [0.1, 0.15) is 20.8 Å². The van der Waals surface area contributed by atoms with Crippen LogP contribution in [0.2, 0.25) is 5.02 Å². The predicted molar refractivity (Wildman–Crippen MR) is 109 cm³/mol. The Hall–Kier alpha value is -2.96. The van der Waals surface area contributed by atoms with Crippen molar-refractivity contribution < 1.29 is 9.90 Å². The monoisotopic (exact) mass is 409 g/mol. The third-order valence-electron chi connectivity index (χ3n) is 4.53. The molecule has 140 valence electrons. The third-order valence-corrected chi connectivity index (χ3v) is 5.80. The number of carbonyl (C=O) groups excluding carboxylic acids is 1. The quantitative estimate of drug-likeness (QED) is 0.517. The van der Waals surface area contributed by atoms with E-state index in [2.05, 4.69) is 4.98 Å². The fourth-order valence-corrected chi connectivity index (χ4v) is 4.29. The number of rotatable bonds is 4. The largest absolute Gasteiger partial charge is 0.545 e. The number of thiophene rings is 1. The van der Waals surface area contributed by atoms with E-state index in [1.165, 1.54) is 34.4 Å². The van der Waals surface area contributed by atoms with Gasteiger partial charge in [0.1, 0.15) is 4.83 Å². The van der Waals surface area contributed by atoms with Crippen molar-refractivity contribution in [1.82, 2.24) is 9.55 Å². The number of fused-ring (bicyclic) bond motifs is 1. The molecular formula is C21H14ClN2O3S-. The molecule has 0 bridgehead atoms. The lowest BCUT2D eigenvalue weighted by atomic mass is 10.0. The van der Waals surface area contributed by atoms with Crippen LogP contribution in [0.3, 0.4) is 0 Å². The van der Waals surface area contributed by atoms with Crippen molar-refractivity contribution >= 4 is 39.1 Å². The van der Waals surface area contributed by atoms with Crippen LogP contribution in [0.4, 0.5) is 0 Å². The summed E-state index contributed by atoms with van der Waals surface area (Å²) in [4.78, 5) is 30.2. The van der Waals surface area contributed by atoms with Crippen molar-refractivity contribution in [3.63, 3.8) is 0 Å². The topological polar surface area (TPSA) is 75.0 Å². The fourth-order valence-electron chi connectivity index (χ4n) is 3.16. The number of aromatic carboxylic acids is 1. The van der Waals surface area contributed by atoms with Crippen LogP contribution in [0, 0.1) is 6.92 Å². The smallest absolute Gasteiger partial charge is 0.263 e. The Morgan fingerprint density at radius 2 is 1.82 bits per heavy atom. The van der Waals surface area contributed by atoms with E-state index < -0.39 is 5.97 Å². The highest BCUT2D eigenvalue weighted by Gasteiger charge is 2.17. The van der Waals surface area contributed by atoms with Gasteiger partial charge in [-0.3, -0.25) is 9.36 Å². The van der Waals surface area contributed by atoms with Gasteiger partial charge in [-0.1, -0.05) is 48.0 Å². The van der Waals surface area contributed by atoms with Crippen molar-refractivity contribution in [2.45, 2.75) is 13.5 Å². The molecule has 0 aliphatic heterocycles. The number of nitrogens with zero attached hydrogens (tertiary/aromatic N) is 2. The molecule has 0 N–H and O–H groups in total. The SMILES string of the molecule is Cc1sc2ncn(Cc3ccc(C(=O)[O-])cc3)c(=O)c2c1-c1ccc(Cl)cc1. The molecule has 0 atom stereocenters. The summed E-state index contributed by atoms with van der Waals surface area (Å²) >= 11 is 7.47. The van der Waals surface area contributed by atoms with Crippen LogP contribution in [-0.2, 0) is 6.54 Å². The minimum Gasteiger partial charge on any atom is -0.545 e. The van der Waals surface area contributed by atoms with Crippen molar-refractivity contribution in [2.75, 3.05) is 0 Å². The standard InChI is InChI=1S/C21H15ClN2O3S/c1-12-17(14-6-8-16(22)9-7-14)18-19(28-12)23-11-24(20(18)25)10-13-2-4-15(5-3-13)21(26)27/h2-9,11H,10H2,1H3,(H,26,27)/p-1. The second kappa shape index (κ2) is 7.22. The van der Waals surface area contributed by atoms with E-state index in [0.29, 0.717) is 21.8 Å². The Balaban J connectivity index is 1.80. The molecule has 0 aliphatic carbocycles. The summed E-state index contributed by atoms with van der Waals surface area (Å²) in [5, 5.41) is 12.1. The van der Waals surface area contributed by atoms with Gasteiger partial charge in [0.15, 0.2) is 0 Å². The van der Waals surface area contributed by atoms with E-state index in [9.17, 15) is 14.7 Å². The highest BCUT2D eigenvalue weighted by atomic mass is 35.5. The van der Waals surface area contributed by atoms with Gasteiger partial charge in [0.05, 0.1) is 24.2 Å². The Bertz CT molecular complexity index is 1240. The second-order valence-electron chi connectivity index (χ2n) is 6.38. The molecule has 0 unspecified atom stereocenters. The van der Waals surface area contributed by atoms with Gasteiger partial charge in [-0.2, -0.15) is 0 Å². The number of hydrogen-bond acceptors (Lipinski definition) is 5. The molecule has 28 heavy (non-hydrogen) atoms. The van der Waals surface area contributed by atoms with Gasteiger partial charge >= 0.3 is 0 Å². The van der Waals surface area contributed by atoms with Gasteiger partial charge < -0.3 is 9.90 Å². The Labute approximate surface area is 169 Å². The lowest BCUT2D eigenvalue weighted by Gasteiger charge is -2.08. The summed E-state index contributed by atoms with van der Waals surface area (Å²) in [5.74, 6) is -1.23. The van der Waals surface area contributed by atoms with Crippen LogP contribution in [0.5, 0.6) is 0 Å². The zero-order valence-corrected chi connectivity index (χ0v) is 16.4. The molecule has 5 nitrogen and oxygen atoms in total. The maximum atomic E-state index is 13.2. The lowest BCUT2D eigenvalue weighted by molar-refractivity contribution is -0.255. The minimum absolute atomic E-state index is 0.100. The number of aromatic nitrogens is 2. The predicted octanol–water partition coefficient (Wildman–Crippen LogP) is 3.50. The van der Waals surface area contributed by atoms with Crippen LogP contribution in [0.25, 0.3) is 21.3 Å². The fraction of sp³-hybridized carbons (Fsp3) is 0.0952. The second-order valence-corrected chi connectivity index (χ2v) is 8.02. The zero-order valence-electron chi connectivity index (χ0n) is 14.8. The van der Waals surface area contributed by atoms with E-state index >= 15 is 0 Å². The molecule has 4 aromatic rings. The van der Waals surface area contributed by atoms with Crippen molar-refractivity contribution in [3.8, 4) is 11.1 Å². The summed E-state index contributed by atoms with van der Waals surface area (Å²) in [6.45, 7) is 2.27. The van der Waals surface area contributed by atoms with Crippen molar-refractivity contribution in [2.24, 2.45) is 0 Å². The Morgan fingerprint density at radius 1 is 1.14 bits per heavy atom. The first kappa shape index (κ1) is 18.4. The summed E-state index contributed by atoms with van der Waals surface area (Å²) in [7, 11) is 0. The molecule has 0 saturated carbocycles. The maximum absolute atomic E-state index is 13.2. The van der Waals surface area contributed by atoms with E-state index in [-0.39, 0.29) is 11.1 Å². The van der Waals surface area contributed by atoms with E-state index in [1.807, 2.05) is 19.1 Å². The summed E-state index contributed by atoms with van der Waals surface area (Å²) < 4.78 is 1.53. The first-order chi connectivity index (χ1) is 13.4.